The van der Waals surface area contributed by atoms with Crippen LogP contribution in [0.1, 0.15) is 64.0 Å². The third-order valence-electron chi connectivity index (χ3n) is 5.41. The molecule has 1 unspecified atom stereocenters. The van der Waals surface area contributed by atoms with Crippen molar-refractivity contribution in [1.29, 1.82) is 0 Å². The van der Waals surface area contributed by atoms with Crippen molar-refractivity contribution < 1.29 is 4.74 Å². The summed E-state index contributed by atoms with van der Waals surface area (Å²) in [6.45, 7) is 13.1. The van der Waals surface area contributed by atoms with Gasteiger partial charge in [0, 0.05) is 11.2 Å². The Bertz CT molecular complexity index is 720. The van der Waals surface area contributed by atoms with Crippen molar-refractivity contribution in [3.8, 4) is 5.75 Å². The fourth-order valence-corrected chi connectivity index (χ4v) is 4.20. The molecule has 0 saturated heterocycles. The molecule has 2 aromatic carbocycles. The Morgan fingerprint density at radius 2 is 1.76 bits per heavy atom. The van der Waals surface area contributed by atoms with Crippen LogP contribution in [-0.2, 0) is 0 Å². The molecule has 1 heterocycles. The molecule has 1 atom stereocenters. The Kier molecular flexibility index (Phi) is 5.08. The quantitative estimate of drug-likeness (QED) is 0.665. The number of fused-ring (bicyclic) bond motifs is 1. The van der Waals surface area contributed by atoms with Crippen LogP contribution in [0.2, 0.25) is 0 Å². The summed E-state index contributed by atoms with van der Waals surface area (Å²) in [5.74, 6) is 2.10. The monoisotopic (exact) mass is 337 g/mol. The van der Waals surface area contributed by atoms with Gasteiger partial charge in [0.2, 0.25) is 0 Å². The summed E-state index contributed by atoms with van der Waals surface area (Å²) < 4.78 is 6.19. The standard InChI is InChI=1S/C23H31NO/c1-17(2)19-10-7-9-13-22(19)25-15-14-24-21-12-8-6-11-20(21)18(3)16-23(24,4)5/h6-13,17-18H,14-16H2,1-5H3. The number of anilines is 1. The van der Waals surface area contributed by atoms with E-state index in [1.165, 1.54) is 23.2 Å². The summed E-state index contributed by atoms with van der Waals surface area (Å²) in [5.41, 5.74) is 4.26. The predicted molar refractivity (Wildman–Crippen MR) is 107 cm³/mol. The van der Waals surface area contributed by atoms with Crippen molar-refractivity contribution in [3.05, 3.63) is 59.7 Å². The van der Waals surface area contributed by atoms with Crippen molar-refractivity contribution >= 4 is 5.69 Å². The highest BCUT2D eigenvalue weighted by Gasteiger charge is 2.35. The lowest BCUT2D eigenvalue weighted by molar-refractivity contribution is 0.291. The van der Waals surface area contributed by atoms with E-state index >= 15 is 0 Å². The van der Waals surface area contributed by atoms with Crippen LogP contribution in [0.25, 0.3) is 0 Å². The second-order valence-corrected chi connectivity index (χ2v) is 8.17. The number of para-hydroxylation sites is 2. The van der Waals surface area contributed by atoms with Gasteiger partial charge < -0.3 is 9.64 Å². The Labute approximate surface area is 152 Å². The largest absolute Gasteiger partial charge is 0.491 e. The van der Waals surface area contributed by atoms with Gasteiger partial charge in [-0.15, -0.1) is 0 Å². The Balaban J connectivity index is 1.76. The van der Waals surface area contributed by atoms with Crippen LogP contribution in [0, 0.1) is 0 Å². The molecule has 0 saturated carbocycles. The van der Waals surface area contributed by atoms with Crippen molar-refractivity contribution in [2.75, 3.05) is 18.1 Å². The third-order valence-corrected chi connectivity index (χ3v) is 5.41. The molecule has 0 aromatic heterocycles. The number of hydrogen-bond acceptors (Lipinski definition) is 2. The van der Waals surface area contributed by atoms with E-state index in [4.69, 9.17) is 4.74 Å². The molecule has 0 N–H and O–H groups in total. The minimum absolute atomic E-state index is 0.148. The molecule has 3 rings (SSSR count). The second kappa shape index (κ2) is 7.11. The molecule has 2 heteroatoms. The van der Waals surface area contributed by atoms with E-state index in [0.29, 0.717) is 18.4 Å². The van der Waals surface area contributed by atoms with Gasteiger partial charge in [-0.2, -0.15) is 0 Å². The second-order valence-electron chi connectivity index (χ2n) is 8.17. The lowest BCUT2D eigenvalue weighted by atomic mass is 9.80. The summed E-state index contributed by atoms with van der Waals surface area (Å²) in [6, 6.07) is 17.2. The number of hydrogen-bond donors (Lipinski definition) is 0. The molecule has 134 valence electrons. The van der Waals surface area contributed by atoms with Gasteiger partial charge in [-0.25, -0.2) is 0 Å². The Morgan fingerprint density at radius 3 is 2.52 bits per heavy atom. The lowest BCUT2D eigenvalue weighted by Gasteiger charge is -2.47. The van der Waals surface area contributed by atoms with E-state index in [2.05, 4.69) is 88.0 Å². The van der Waals surface area contributed by atoms with Crippen molar-refractivity contribution in [3.63, 3.8) is 0 Å². The molecular weight excluding hydrogens is 306 g/mol. The van der Waals surface area contributed by atoms with Gasteiger partial charge in [-0.1, -0.05) is 57.2 Å². The van der Waals surface area contributed by atoms with Crippen molar-refractivity contribution in [2.24, 2.45) is 0 Å². The first-order valence-electron chi connectivity index (χ1n) is 9.48. The summed E-state index contributed by atoms with van der Waals surface area (Å²) >= 11 is 0. The summed E-state index contributed by atoms with van der Waals surface area (Å²) in [4.78, 5) is 2.53. The van der Waals surface area contributed by atoms with Crippen LogP contribution in [0.3, 0.4) is 0 Å². The zero-order valence-electron chi connectivity index (χ0n) is 16.3. The zero-order valence-corrected chi connectivity index (χ0v) is 16.3. The minimum atomic E-state index is 0.148. The van der Waals surface area contributed by atoms with Crippen LogP contribution in [0.4, 0.5) is 5.69 Å². The highest BCUT2D eigenvalue weighted by molar-refractivity contribution is 5.59. The van der Waals surface area contributed by atoms with Crippen molar-refractivity contribution in [2.45, 2.75) is 58.4 Å². The van der Waals surface area contributed by atoms with Gasteiger partial charge in [0.15, 0.2) is 0 Å². The van der Waals surface area contributed by atoms with Gasteiger partial charge in [-0.05, 0) is 55.4 Å². The van der Waals surface area contributed by atoms with Gasteiger partial charge in [0.1, 0.15) is 12.4 Å². The molecule has 0 aliphatic carbocycles. The fourth-order valence-electron chi connectivity index (χ4n) is 4.20. The summed E-state index contributed by atoms with van der Waals surface area (Å²) in [7, 11) is 0. The Morgan fingerprint density at radius 1 is 1.08 bits per heavy atom. The predicted octanol–water partition coefficient (Wildman–Crippen LogP) is 5.98. The molecular formula is C23H31NO. The van der Waals surface area contributed by atoms with Crippen LogP contribution in [-0.4, -0.2) is 18.7 Å². The molecule has 0 radical (unpaired) electrons. The van der Waals surface area contributed by atoms with Crippen LogP contribution < -0.4 is 9.64 Å². The van der Waals surface area contributed by atoms with E-state index in [9.17, 15) is 0 Å². The molecule has 0 amide bonds. The average molecular weight is 338 g/mol. The maximum absolute atomic E-state index is 6.19. The molecule has 1 aliphatic rings. The van der Waals surface area contributed by atoms with E-state index in [-0.39, 0.29) is 5.54 Å². The maximum atomic E-state index is 6.19. The molecule has 2 nitrogen and oxygen atoms in total. The van der Waals surface area contributed by atoms with E-state index in [1.54, 1.807) is 0 Å². The first-order valence-corrected chi connectivity index (χ1v) is 9.48. The minimum Gasteiger partial charge on any atom is -0.491 e. The third kappa shape index (κ3) is 3.68. The topological polar surface area (TPSA) is 12.5 Å². The summed E-state index contributed by atoms with van der Waals surface area (Å²) in [6.07, 6.45) is 1.17. The first kappa shape index (κ1) is 17.8. The smallest absolute Gasteiger partial charge is 0.122 e. The Hall–Kier alpha value is -1.96. The van der Waals surface area contributed by atoms with Crippen LogP contribution in [0.5, 0.6) is 5.75 Å². The zero-order chi connectivity index (χ0) is 18.0. The first-order chi connectivity index (χ1) is 11.9. The number of nitrogens with zero attached hydrogens (tertiary/aromatic N) is 1. The highest BCUT2D eigenvalue weighted by atomic mass is 16.5. The summed E-state index contributed by atoms with van der Waals surface area (Å²) in [5, 5.41) is 0. The van der Waals surface area contributed by atoms with Gasteiger partial charge >= 0.3 is 0 Å². The maximum Gasteiger partial charge on any atom is 0.122 e. The van der Waals surface area contributed by atoms with E-state index in [1.807, 2.05) is 0 Å². The number of ether oxygens (including phenoxy) is 1. The number of benzene rings is 2. The number of rotatable bonds is 5. The SMILES string of the molecule is CC(C)c1ccccc1OCCN1c2ccccc2C(C)CC1(C)C. The highest BCUT2D eigenvalue weighted by Crippen LogP contribution is 2.42. The lowest BCUT2D eigenvalue weighted by Crippen LogP contribution is -2.50. The molecule has 0 fully saturated rings. The van der Waals surface area contributed by atoms with Gasteiger partial charge in [-0.3, -0.25) is 0 Å². The molecule has 2 aromatic rings. The van der Waals surface area contributed by atoms with Crippen molar-refractivity contribution in [1.82, 2.24) is 0 Å². The van der Waals surface area contributed by atoms with Gasteiger partial charge in [0.05, 0.1) is 6.54 Å². The average Bonchev–Trinajstić information content (AvgIpc) is 2.57. The van der Waals surface area contributed by atoms with Gasteiger partial charge in [0.25, 0.3) is 0 Å². The van der Waals surface area contributed by atoms with Crippen LogP contribution >= 0.6 is 0 Å². The molecule has 1 aliphatic heterocycles. The van der Waals surface area contributed by atoms with E-state index < -0.39 is 0 Å². The van der Waals surface area contributed by atoms with E-state index in [0.717, 1.165) is 12.3 Å². The molecule has 0 bridgehead atoms. The molecule has 25 heavy (non-hydrogen) atoms. The normalized spacial score (nSPS) is 19.0. The molecule has 0 spiro atoms. The van der Waals surface area contributed by atoms with Crippen LogP contribution in [0.15, 0.2) is 48.5 Å². The fraction of sp³-hybridized carbons (Fsp3) is 0.478.